The van der Waals surface area contributed by atoms with Crippen LogP contribution in [0.2, 0.25) is 0 Å². The molecule has 0 aliphatic heterocycles. The van der Waals surface area contributed by atoms with Gasteiger partial charge in [0.1, 0.15) is 5.60 Å². The monoisotopic (exact) mass is 144 g/mol. The highest BCUT2D eigenvalue weighted by Crippen LogP contribution is 2.35. The fourth-order valence-corrected chi connectivity index (χ4v) is 1.19. The average Bonchev–Trinajstić information content (AvgIpc) is 1.89. The van der Waals surface area contributed by atoms with Gasteiger partial charge in [-0.05, 0) is 0 Å². The Balaban J connectivity index is 2.38. The normalized spacial score (nSPS) is 38.8. The van der Waals surface area contributed by atoms with E-state index in [-0.39, 0.29) is 6.10 Å². The lowest BCUT2D eigenvalue weighted by Gasteiger charge is -2.41. The molecule has 0 radical (unpaired) electrons. The van der Waals surface area contributed by atoms with Gasteiger partial charge in [-0.2, -0.15) is 0 Å². The number of carbonyl (C=O) groups is 1. The molecule has 3 nitrogen and oxygen atoms in total. The van der Waals surface area contributed by atoms with Gasteiger partial charge < -0.3 is 14.3 Å². The molecule has 0 spiro atoms. The van der Waals surface area contributed by atoms with Crippen molar-refractivity contribution < 1.29 is 14.3 Å². The molecule has 0 N–H and O–H groups in total. The highest BCUT2D eigenvalue weighted by Gasteiger charge is 2.44. The quantitative estimate of drug-likeness (QED) is 0.537. The molecule has 3 heteroatoms. The molecule has 0 unspecified atom stereocenters. The minimum Gasteiger partial charge on any atom is -0.381 e. The van der Waals surface area contributed by atoms with Crippen LogP contribution in [0, 0.1) is 0 Å². The topological polar surface area (TPSA) is 35.5 Å². The molecular formula is C7H12O3. The van der Waals surface area contributed by atoms with Gasteiger partial charge in [0, 0.05) is 27.1 Å². The number of aldehydes is 1. The summed E-state index contributed by atoms with van der Waals surface area (Å²) in [5.41, 5.74) is -0.527. The average molecular weight is 144 g/mol. The maximum atomic E-state index is 10.4. The molecule has 0 aromatic heterocycles. The van der Waals surface area contributed by atoms with Crippen molar-refractivity contribution in [1.82, 2.24) is 0 Å². The minimum absolute atomic E-state index is 0.213. The fourth-order valence-electron chi connectivity index (χ4n) is 1.19. The standard InChI is InChI=1S/C7H12O3/c1-9-6-3-7(4-6,5-8)10-2/h5-6H,3-4H2,1-2H3. The van der Waals surface area contributed by atoms with Gasteiger partial charge in [-0.15, -0.1) is 0 Å². The van der Waals surface area contributed by atoms with Gasteiger partial charge in [0.25, 0.3) is 0 Å². The van der Waals surface area contributed by atoms with Gasteiger partial charge in [0.05, 0.1) is 6.10 Å². The first-order valence-corrected chi connectivity index (χ1v) is 3.30. The summed E-state index contributed by atoms with van der Waals surface area (Å²) < 4.78 is 10.0. The summed E-state index contributed by atoms with van der Waals surface area (Å²) in [7, 11) is 3.20. The van der Waals surface area contributed by atoms with Crippen LogP contribution in [0.1, 0.15) is 12.8 Å². The van der Waals surface area contributed by atoms with Crippen LogP contribution >= 0.6 is 0 Å². The summed E-state index contributed by atoms with van der Waals surface area (Å²) >= 11 is 0. The highest BCUT2D eigenvalue weighted by atomic mass is 16.5. The third-order valence-corrected chi connectivity index (χ3v) is 2.10. The van der Waals surface area contributed by atoms with Crippen molar-refractivity contribution in [2.75, 3.05) is 14.2 Å². The second-order valence-electron chi connectivity index (χ2n) is 2.65. The van der Waals surface area contributed by atoms with Gasteiger partial charge in [0.2, 0.25) is 0 Å². The van der Waals surface area contributed by atoms with E-state index >= 15 is 0 Å². The van der Waals surface area contributed by atoms with Gasteiger partial charge in [-0.3, -0.25) is 0 Å². The predicted octanol–water partition coefficient (Wildman–Crippen LogP) is 0.379. The molecule has 0 bridgehead atoms. The number of hydrogen-bond donors (Lipinski definition) is 0. The van der Waals surface area contributed by atoms with E-state index in [1.807, 2.05) is 0 Å². The highest BCUT2D eigenvalue weighted by molar-refractivity contribution is 5.64. The number of hydrogen-bond acceptors (Lipinski definition) is 3. The molecule has 1 aliphatic rings. The Morgan fingerprint density at radius 3 is 2.40 bits per heavy atom. The first kappa shape index (κ1) is 7.69. The van der Waals surface area contributed by atoms with E-state index in [4.69, 9.17) is 9.47 Å². The molecule has 1 rings (SSSR count). The second-order valence-corrected chi connectivity index (χ2v) is 2.65. The molecule has 1 fully saturated rings. The van der Waals surface area contributed by atoms with Crippen LogP contribution in [0.5, 0.6) is 0 Å². The fraction of sp³-hybridized carbons (Fsp3) is 0.857. The second kappa shape index (κ2) is 2.68. The van der Waals surface area contributed by atoms with Gasteiger partial charge in [0.15, 0.2) is 6.29 Å². The van der Waals surface area contributed by atoms with E-state index in [0.29, 0.717) is 12.8 Å². The summed E-state index contributed by atoms with van der Waals surface area (Å²) in [6, 6.07) is 0. The van der Waals surface area contributed by atoms with Crippen molar-refractivity contribution >= 4 is 6.29 Å². The van der Waals surface area contributed by atoms with E-state index in [1.165, 1.54) is 0 Å². The van der Waals surface area contributed by atoms with Crippen molar-refractivity contribution in [2.45, 2.75) is 24.5 Å². The van der Waals surface area contributed by atoms with E-state index < -0.39 is 5.60 Å². The maximum absolute atomic E-state index is 10.4. The lowest BCUT2D eigenvalue weighted by atomic mass is 9.78. The Morgan fingerprint density at radius 2 is 2.10 bits per heavy atom. The summed E-state index contributed by atoms with van der Waals surface area (Å²) in [6.07, 6.45) is 2.47. The van der Waals surface area contributed by atoms with Crippen LogP contribution < -0.4 is 0 Å². The summed E-state index contributed by atoms with van der Waals surface area (Å²) in [4.78, 5) is 10.4. The molecule has 0 aromatic carbocycles. The third kappa shape index (κ3) is 1.07. The number of rotatable bonds is 3. The molecule has 0 heterocycles. The van der Waals surface area contributed by atoms with Crippen LogP contribution in [0.15, 0.2) is 0 Å². The van der Waals surface area contributed by atoms with Gasteiger partial charge in [-0.1, -0.05) is 0 Å². The molecule has 58 valence electrons. The van der Waals surface area contributed by atoms with E-state index in [0.717, 1.165) is 6.29 Å². The van der Waals surface area contributed by atoms with Crippen molar-refractivity contribution in [3.63, 3.8) is 0 Å². The zero-order chi connectivity index (χ0) is 7.61. The Labute approximate surface area is 60.3 Å². The van der Waals surface area contributed by atoms with Gasteiger partial charge in [-0.25, -0.2) is 0 Å². The molecule has 0 saturated heterocycles. The van der Waals surface area contributed by atoms with Crippen molar-refractivity contribution in [3.05, 3.63) is 0 Å². The summed E-state index contributed by atoms with van der Waals surface area (Å²) in [5.74, 6) is 0. The van der Waals surface area contributed by atoms with Crippen LogP contribution in [-0.2, 0) is 14.3 Å². The molecule has 10 heavy (non-hydrogen) atoms. The molecule has 1 aliphatic carbocycles. The number of carbonyl (C=O) groups excluding carboxylic acids is 1. The first-order chi connectivity index (χ1) is 4.76. The Hall–Kier alpha value is -0.410. The smallest absolute Gasteiger partial charge is 0.152 e. The van der Waals surface area contributed by atoms with Gasteiger partial charge >= 0.3 is 0 Å². The lowest BCUT2D eigenvalue weighted by Crippen LogP contribution is -2.50. The summed E-state index contributed by atoms with van der Waals surface area (Å²) in [6.45, 7) is 0. The van der Waals surface area contributed by atoms with Crippen LogP contribution in [-0.4, -0.2) is 32.2 Å². The van der Waals surface area contributed by atoms with Crippen LogP contribution in [0.25, 0.3) is 0 Å². The molecule has 0 atom stereocenters. The predicted molar refractivity (Wildman–Crippen MR) is 35.8 cm³/mol. The van der Waals surface area contributed by atoms with E-state index in [9.17, 15) is 4.79 Å². The Morgan fingerprint density at radius 1 is 1.50 bits per heavy atom. The zero-order valence-electron chi connectivity index (χ0n) is 6.29. The first-order valence-electron chi connectivity index (χ1n) is 3.30. The minimum atomic E-state index is -0.527. The van der Waals surface area contributed by atoms with Crippen molar-refractivity contribution in [3.8, 4) is 0 Å². The Kier molecular flexibility index (Phi) is 2.06. The lowest BCUT2D eigenvalue weighted by molar-refractivity contribution is -0.160. The van der Waals surface area contributed by atoms with Crippen LogP contribution in [0.3, 0.4) is 0 Å². The third-order valence-electron chi connectivity index (χ3n) is 2.10. The summed E-state index contributed by atoms with van der Waals surface area (Å²) in [5, 5.41) is 0. The molecule has 0 amide bonds. The Bertz CT molecular complexity index is 127. The SMILES string of the molecule is COC1CC(C=O)(OC)C1. The van der Waals surface area contributed by atoms with Crippen molar-refractivity contribution in [1.29, 1.82) is 0 Å². The number of ether oxygens (including phenoxy) is 2. The number of methoxy groups -OCH3 is 2. The van der Waals surface area contributed by atoms with E-state index in [1.54, 1.807) is 14.2 Å². The maximum Gasteiger partial charge on any atom is 0.152 e. The molecule has 0 aromatic rings. The zero-order valence-corrected chi connectivity index (χ0v) is 6.29. The molecular weight excluding hydrogens is 132 g/mol. The largest absolute Gasteiger partial charge is 0.381 e. The van der Waals surface area contributed by atoms with E-state index in [2.05, 4.69) is 0 Å². The molecule has 1 saturated carbocycles. The van der Waals surface area contributed by atoms with Crippen LogP contribution in [0.4, 0.5) is 0 Å². The van der Waals surface area contributed by atoms with Crippen molar-refractivity contribution in [2.24, 2.45) is 0 Å².